The maximum atomic E-state index is 13.7. The van der Waals surface area contributed by atoms with Gasteiger partial charge < -0.3 is 25.2 Å². The third kappa shape index (κ3) is 6.84. The lowest BCUT2D eigenvalue weighted by Gasteiger charge is -2.30. The fraction of sp³-hybridized carbons (Fsp3) is 0.310. The van der Waals surface area contributed by atoms with E-state index in [4.69, 9.17) is 4.74 Å². The van der Waals surface area contributed by atoms with Gasteiger partial charge in [-0.15, -0.1) is 0 Å². The van der Waals surface area contributed by atoms with E-state index in [2.05, 4.69) is 37.6 Å². The van der Waals surface area contributed by atoms with Gasteiger partial charge in [0.25, 0.3) is 5.91 Å². The number of nitrogens with zero attached hydrogens (tertiary/aromatic N) is 3. The van der Waals surface area contributed by atoms with Crippen molar-refractivity contribution in [1.82, 2.24) is 15.1 Å². The van der Waals surface area contributed by atoms with Crippen molar-refractivity contribution in [2.75, 3.05) is 63.5 Å². The molecule has 12 heteroatoms. The number of rotatable bonds is 12. The van der Waals surface area contributed by atoms with Gasteiger partial charge in [-0.1, -0.05) is 6.07 Å². The van der Waals surface area contributed by atoms with E-state index in [1.54, 1.807) is 19.2 Å². The predicted octanol–water partition coefficient (Wildman–Crippen LogP) is 4.23. The Balaban J connectivity index is 1.64. The minimum absolute atomic E-state index is 0.0475. The highest BCUT2D eigenvalue weighted by molar-refractivity contribution is 7.91. The zero-order chi connectivity index (χ0) is 29.7. The van der Waals surface area contributed by atoms with Crippen molar-refractivity contribution in [3.8, 4) is 0 Å². The fourth-order valence-corrected chi connectivity index (χ4v) is 5.81. The van der Waals surface area contributed by atoms with Crippen LogP contribution >= 0.6 is 0 Å². The van der Waals surface area contributed by atoms with Crippen LogP contribution in [-0.2, 0) is 14.6 Å². The molecule has 4 rings (SSSR count). The molecule has 1 amide bonds. The number of nitrogens with one attached hydrogen (secondary N) is 3. The number of amides is 1. The van der Waals surface area contributed by atoms with Crippen LogP contribution in [0, 0.1) is 5.82 Å². The maximum Gasteiger partial charge on any atom is 0.258 e. The second-order valence-electron chi connectivity index (χ2n) is 10.1. The Morgan fingerprint density at radius 1 is 1.07 bits per heavy atom. The Hall–Kier alpha value is -4.00. The van der Waals surface area contributed by atoms with Crippen molar-refractivity contribution >= 4 is 43.8 Å². The number of likely N-dealkylation sites (N-methyl/N-ethyl adjacent to an activating group) is 2. The number of H-pyrrole nitrogens is 1. The van der Waals surface area contributed by atoms with Crippen LogP contribution in [0.3, 0.4) is 0 Å². The number of benzene rings is 3. The van der Waals surface area contributed by atoms with Gasteiger partial charge in [-0.3, -0.25) is 9.89 Å². The number of aromatic amines is 1. The number of ether oxygens (including phenoxy) is 1. The topological polar surface area (TPSA) is 120 Å². The van der Waals surface area contributed by atoms with Gasteiger partial charge in [0.2, 0.25) is 9.84 Å². The highest BCUT2D eigenvalue weighted by Gasteiger charge is 2.22. The van der Waals surface area contributed by atoms with Crippen molar-refractivity contribution < 1.29 is 22.3 Å². The molecule has 0 spiro atoms. The van der Waals surface area contributed by atoms with Crippen molar-refractivity contribution in [3.63, 3.8) is 0 Å². The summed E-state index contributed by atoms with van der Waals surface area (Å²) >= 11 is 0. The van der Waals surface area contributed by atoms with Gasteiger partial charge in [0.15, 0.2) is 5.82 Å². The van der Waals surface area contributed by atoms with Crippen LogP contribution in [0.5, 0.6) is 0 Å². The number of fused-ring (bicyclic) bond motifs is 1. The third-order valence-corrected chi connectivity index (χ3v) is 8.50. The number of sulfone groups is 1. The molecular formula is C29H35FN6O4S. The summed E-state index contributed by atoms with van der Waals surface area (Å²) in [4.78, 5) is 17.5. The first-order valence-corrected chi connectivity index (χ1v) is 14.5. The van der Waals surface area contributed by atoms with E-state index in [0.29, 0.717) is 35.3 Å². The van der Waals surface area contributed by atoms with E-state index in [1.807, 2.05) is 33.3 Å². The zero-order valence-electron chi connectivity index (χ0n) is 23.7. The van der Waals surface area contributed by atoms with Crippen molar-refractivity contribution in [2.45, 2.75) is 22.8 Å². The minimum Gasteiger partial charge on any atom is -0.383 e. The molecule has 1 unspecified atom stereocenters. The number of hydrogen-bond acceptors (Lipinski definition) is 8. The van der Waals surface area contributed by atoms with Crippen LogP contribution in [0.4, 0.5) is 21.6 Å². The smallest absolute Gasteiger partial charge is 0.258 e. The number of aromatic nitrogens is 2. The quantitative estimate of drug-likeness (QED) is 0.212. The van der Waals surface area contributed by atoms with Crippen molar-refractivity contribution in [2.24, 2.45) is 0 Å². The molecule has 3 N–H and O–H groups in total. The number of anilines is 3. The van der Waals surface area contributed by atoms with E-state index >= 15 is 0 Å². The molecule has 0 saturated carbocycles. The fourth-order valence-electron chi connectivity index (χ4n) is 4.49. The summed E-state index contributed by atoms with van der Waals surface area (Å²) in [5.41, 5.74) is 2.48. The second-order valence-corrected chi connectivity index (χ2v) is 12.0. The summed E-state index contributed by atoms with van der Waals surface area (Å²) in [5.74, 6) is -0.903. The molecule has 0 aliphatic heterocycles. The lowest BCUT2D eigenvalue weighted by Crippen LogP contribution is -2.37. The zero-order valence-corrected chi connectivity index (χ0v) is 24.5. The van der Waals surface area contributed by atoms with Crippen LogP contribution in [-0.4, -0.2) is 83.4 Å². The summed E-state index contributed by atoms with van der Waals surface area (Å²) in [6.07, 6.45) is 0. The lowest BCUT2D eigenvalue weighted by molar-refractivity contribution is 0.102. The van der Waals surface area contributed by atoms with Crippen molar-refractivity contribution in [3.05, 3.63) is 72.0 Å². The van der Waals surface area contributed by atoms with Crippen LogP contribution < -0.4 is 15.5 Å². The molecule has 1 aromatic heterocycles. The molecule has 0 fully saturated rings. The number of carbonyl (C=O) groups is 1. The first-order chi connectivity index (χ1) is 19.5. The molecule has 0 radical (unpaired) electrons. The summed E-state index contributed by atoms with van der Waals surface area (Å²) in [6, 6.07) is 15.0. The van der Waals surface area contributed by atoms with Gasteiger partial charge in [0.1, 0.15) is 5.82 Å². The molecule has 0 saturated heterocycles. The SMILES string of the molecule is COCCNc1cc(N(C)C(C)CN(C)C)ccc1C(=O)Nc1n[nH]c2ccc(S(=O)(=O)c3cccc(F)c3)cc12. The van der Waals surface area contributed by atoms with Crippen LogP contribution in [0.2, 0.25) is 0 Å². The largest absolute Gasteiger partial charge is 0.383 e. The molecule has 0 bridgehead atoms. The van der Waals surface area contributed by atoms with E-state index < -0.39 is 21.6 Å². The first kappa shape index (κ1) is 30.0. The second kappa shape index (κ2) is 12.7. The summed E-state index contributed by atoms with van der Waals surface area (Å²) in [7, 11) is 3.66. The predicted molar refractivity (Wildman–Crippen MR) is 159 cm³/mol. The van der Waals surface area contributed by atoms with Crippen LogP contribution in [0.25, 0.3) is 10.9 Å². The Labute approximate surface area is 239 Å². The lowest BCUT2D eigenvalue weighted by atomic mass is 10.1. The molecule has 10 nitrogen and oxygen atoms in total. The maximum absolute atomic E-state index is 13.7. The van der Waals surface area contributed by atoms with Crippen LogP contribution in [0.15, 0.2) is 70.5 Å². The molecule has 41 heavy (non-hydrogen) atoms. The van der Waals surface area contributed by atoms with E-state index in [1.165, 1.54) is 30.3 Å². The average molecular weight is 583 g/mol. The molecule has 1 heterocycles. The number of hydrogen-bond donors (Lipinski definition) is 3. The Kier molecular flexibility index (Phi) is 9.26. The molecular weight excluding hydrogens is 547 g/mol. The van der Waals surface area contributed by atoms with E-state index in [9.17, 15) is 17.6 Å². The average Bonchev–Trinajstić information content (AvgIpc) is 3.34. The van der Waals surface area contributed by atoms with E-state index in [0.717, 1.165) is 18.3 Å². The third-order valence-electron chi connectivity index (χ3n) is 6.75. The van der Waals surface area contributed by atoms with Gasteiger partial charge in [-0.2, -0.15) is 5.10 Å². The normalized spacial score (nSPS) is 12.5. The van der Waals surface area contributed by atoms with Gasteiger partial charge in [0, 0.05) is 50.0 Å². The Bertz CT molecular complexity index is 1640. The Morgan fingerprint density at radius 2 is 1.83 bits per heavy atom. The number of methoxy groups -OCH3 is 1. The molecule has 218 valence electrons. The van der Waals surface area contributed by atoms with Gasteiger partial charge >= 0.3 is 0 Å². The van der Waals surface area contributed by atoms with E-state index in [-0.39, 0.29) is 21.7 Å². The standard InChI is InChI=1S/C29H35FN6O4S/c1-19(18-35(2)3)36(4)21-9-11-24(27(16-21)31-13-14-40-5)29(37)32-28-25-17-23(10-12-26(25)33-34-28)41(38,39)22-8-6-7-20(30)15-22/h6-12,15-17,19,31H,13-14,18H2,1-5H3,(H2,32,33,34,37). The molecule has 0 aliphatic rings. The molecule has 3 aromatic carbocycles. The first-order valence-electron chi connectivity index (χ1n) is 13.1. The monoisotopic (exact) mass is 582 g/mol. The van der Waals surface area contributed by atoms with Gasteiger partial charge in [-0.05, 0) is 75.6 Å². The molecule has 4 aromatic rings. The molecule has 0 aliphatic carbocycles. The summed E-state index contributed by atoms with van der Waals surface area (Å²) in [5, 5.41) is 13.5. The highest BCUT2D eigenvalue weighted by atomic mass is 32.2. The summed E-state index contributed by atoms with van der Waals surface area (Å²) < 4.78 is 45.2. The minimum atomic E-state index is -4.00. The Morgan fingerprint density at radius 3 is 2.54 bits per heavy atom. The molecule has 1 atom stereocenters. The van der Waals surface area contributed by atoms with Gasteiger partial charge in [0.05, 0.1) is 27.5 Å². The summed E-state index contributed by atoms with van der Waals surface area (Å²) in [6.45, 7) is 3.92. The highest BCUT2D eigenvalue weighted by Crippen LogP contribution is 2.30. The van der Waals surface area contributed by atoms with Gasteiger partial charge in [-0.25, -0.2) is 12.8 Å². The number of halogens is 1. The van der Waals surface area contributed by atoms with Crippen LogP contribution in [0.1, 0.15) is 17.3 Å². The van der Waals surface area contributed by atoms with Crippen molar-refractivity contribution in [1.29, 1.82) is 0 Å². The number of carbonyl (C=O) groups excluding carboxylic acids is 1.